The van der Waals surface area contributed by atoms with Crippen LogP contribution in [0.5, 0.6) is 0 Å². The molecule has 1 aromatic carbocycles. The van der Waals surface area contributed by atoms with Gasteiger partial charge in [0.15, 0.2) is 0 Å². The van der Waals surface area contributed by atoms with E-state index in [0.29, 0.717) is 5.69 Å². The molecule has 0 radical (unpaired) electrons. The standard InChI is InChI=1S/C17H20ClFN6O5S.C2HF3O2/c1-9-6-10(7-14(26)22-4-5-30-24-17(20)21)15(16(27)23-9)25-31(28,29)11-2-3-13(19)12(18)8-11;3-2(4,5)1(6)7/h2-3,6,8,25H,4-5,7H2,1H3,(H,22,26)(H,23,27)(H4,20,21,24);(H,6,7). The summed E-state index contributed by atoms with van der Waals surface area (Å²) in [5, 5.41) is 16.2. The van der Waals surface area contributed by atoms with Gasteiger partial charge in [-0.3, -0.25) is 24.6 Å². The minimum Gasteiger partial charge on any atom is -0.475 e. The van der Waals surface area contributed by atoms with E-state index in [-0.39, 0.29) is 35.7 Å². The predicted molar refractivity (Wildman–Crippen MR) is 125 cm³/mol. The molecule has 0 aliphatic heterocycles. The van der Waals surface area contributed by atoms with Crippen molar-refractivity contribution in [2.75, 3.05) is 17.9 Å². The van der Waals surface area contributed by atoms with Crippen LogP contribution in [0.15, 0.2) is 34.0 Å². The Hall–Kier alpha value is -3.90. The van der Waals surface area contributed by atoms with Gasteiger partial charge in [0.05, 0.1) is 22.9 Å². The number of hydrogen-bond donors (Lipinski definition) is 7. The second kappa shape index (κ2) is 13.6. The Morgan fingerprint density at radius 2 is 1.87 bits per heavy atom. The Morgan fingerprint density at radius 3 is 2.39 bits per heavy atom. The molecule has 0 saturated heterocycles. The summed E-state index contributed by atoms with van der Waals surface area (Å²) in [6, 6.07) is 4.23. The largest absolute Gasteiger partial charge is 0.490 e. The van der Waals surface area contributed by atoms with Crippen LogP contribution in [-0.4, -0.2) is 55.7 Å². The van der Waals surface area contributed by atoms with Crippen molar-refractivity contribution >= 4 is 45.1 Å². The van der Waals surface area contributed by atoms with Crippen molar-refractivity contribution in [2.24, 2.45) is 5.73 Å². The number of nitrogens with two attached hydrogens (primary N) is 1. The fraction of sp³-hybridized carbons (Fsp3) is 0.263. The number of nitrogens with one attached hydrogen (secondary N) is 5. The van der Waals surface area contributed by atoms with Gasteiger partial charge in [-0.2, -0.15) is 13.2 Å². The van der Waals surface area contributed by atoms with Gasteiger partial charge >= 0.3 is 12.1 Å². The van der Waals surface area contributed by atoms with Gasteiger partial charge < -0.3 is 21.1 Å². The van der Waals surface area contributed by atoms with E-state index in [2.05, 4.69) is 20.5 Å². The third-order valence-electron chi connectivity index (χ3n) is 3.99. The van der Waals surface area contributed by atoms with Crippen LogP contribution in [0, 0.1) is 18.2 Å². The van der Waals surface area contributed by atoms with Crippen LogP contribution < -0.4 is 26.8 Å². The third-order valence-corrected chi connectivity index (χ3v) is 5.63. The van der Waals surface area contributed by atoms with Crippen molar-refractivity contribution in [2.45, 2.75) is 24.4 Å². The number of carbonyl (C=O) groups is 2. The van der Waals surface area contributed by atoms with E-state index in [9.17, 15) is 35.6 Å². The number of carboxylic acids is 1. The molecule has 0 spiro atoms. The Bertz CT molecular complexity index is 1350. The molecule has 0 unspecified atom stereocenters. The molecule has 0 aliphatic carbocycles. The van der Waals surface area contributed by atoms with Crippen LogP contribution in [0.4, 0.5) is 23.2 Å². The molecule has 13 nitrogen and oxygen atoms in total. The monoisotopic (exact) mass is 588 g/mol. The number of hydrogen-bond acceptors (Lipinski definition) is 7. The molecule has 0 bridgehead atoms. The third kappa shape index (κ3) is 10.6. The first kappa shape index (κ1) is 32.1. The molecular weight excluding hydrogens is 568 g/mol. The van der Waals surface area contributed by atoms with Gasteiger partial charge in [0.25, 0.3) is 15.6 Å². The second-order valence-corrected chi connectivity index (χ2v) is 9.15. The average molecular weight is 589 g/mol. The zero-order valence-corrected chi connectivity index (χ0v) is 20.8. The van der Waals surface area contributed by atoms with E-state index in [1.54, 1.807) is 6.92 Å². The highest BCUT2D eigenvalue weighted by Gasteiger charge is 2.38. The summed E-state index contributed by atoms with van der Waals surface area (Å²) >= 11 is 5.64. The highest BCUT2D eigenvalue weighted by molar-refractivity contribution is 7.92. The molecule has 0 fully saturated rings. The minimum atomic E-state index is -5.08. The zero-order chi connectivity index (χ0) is 29.3. The molecule has 38 heavy (non-hydrogen) atoms. The molecule has 8 N–H and O–H groups in total. The van der Waals surface area contributed by atoms with E-state index in [0.717, 1.165) is 18.2 Å². The number of pyridine rings is 1. The van der Waals surface area contributed by atoms with Crippen LogP contribution in [0.1, 0.15) is 11.3 Å². The van der Waals surface area contributed by atoms with Gasteiger partial charge in [0, 0.05) is 12.2 Å². The van der Waals surface area contributed by atoms with Crippen molar-refractivity contribution in [3.05, 3.63) is 56.7 Å². The second-order valence-electron chi connectivity index (χ2n) is 7.06. The highest BCUT2D eigenvalue weighted by atomic mass is 35.5. The molecule has 1 aromatic heterocycles. The summed E-state index contributed by atoms with van der Waals surface area (Å²) in [4.78, 5) is 40.4. The number of hydroxylamine groups is 1. The van der Waals surface area contributed by atoms with E-state index in [4.69, 9.17) is 37.5 Å². The number of anilines is 1. The maximum atomic E-state index is 13.3. The maximum absolute atomic E-state index is 13.3. The normalized spacial score (nSPS) is 11.1. The smallest absolute Gasteiger partial charge is 0.475 e. The number of carboxylic acid groups (broad SMARTS) is 1. The maximum Gasteiger partial charge on any atom is 0.490 e. The van der Waals surface area contributed by atoms with Crippen molar-refractivity contribution in [1.29, 1.82) is 5.41 Å². The van der Waals surface area contributed by atoms with Crippen molar-refractivity contribution < 1.29 is 45.5 Å². The fourth-order valence-corrected chi connectivity index (χ4v) is 3.83. The van der Waals surface area contributed by atoms with Gasteiger partial charge in [-0.15, -0.1) is 0 Å². The lowest BCUT2D eigenvalue weighted by atomic mass is 10.1. The van der Waals surface area contributed by atoms with Crippen LogP contribution in [0.25, 0.3) is 0 Å². The SMILES string of the molecule is Cc1cc(CC(=O)NCCONC(=N)N)c(NS(=O)(=O)c2ccc(F)c(Cl)c2)c(=O)[nH]1.O=C(O)C(F)(F)F. The molecule has 0 atom stereocenters. The summed E-state index contributed by atoms with van der Waals surface area (Å²) in [6.45, 7) is 1.64. The van der Waals surface area contributed by atoms with E-state index in [1.807, 2.05) is 0 Å². The van der Waals surface area contributed by atoms with E-state index in [1.165, 1.54) is 6.07 Å². The first-order chi connectivity index (χ1) is 17.4. The fourth-order valence-electron chi connectivity index (χ4n) is 2.45. The number of halogens is 5. The number of aryl methyl sites for hydroxylation is 1. The van der Waals surface area contributed by atoms with Crippen LogP contribution >= 0.6 is 11.6 Å². The number of aromatic nitrogens is 1. The lowest BCUT2D eigenvalue weighted by molar-refractivity contribution is -0.192. The minimum absolute atomic E-state index is 0.00450. The summed E-state index contributed by atoms with van der Waals surface area (Å²) < 4.78 is 72.5. The first-order valence-corrected chi connectivity index (χ1v) is 11.8. The van der Waals surface area contributed by atoms with Crippen LogP contribution in [-0.2, 0) is 30.9 Å². The topological polar surface area (TPSA) is 217 Å². The van der Waals surface area contributed by atoms with E-state index >= 15 is 0 Å². The Balaban J connectivity index is 0.000000905. The number of rotatable bonds is 9. The molecule has 2 aromatic rings. The lowest BCUT2D eigenvalue weighted by Gasteiger charge is -2.13. The quantitative estimate of drug-likeness (QED) is 0.0729. The molecule has 19 heteroatoms. The molecule has 1 amide bonds. The highest BCUT2D eigenvalue weighted by Crippen LogP contribution is 2.22. The summed E-state index contributed by atoms with van der Waals surface area (Å²) in [5.41, 5.74) is 6.56. The van der Waals surface area contributed by atoms with Crippen molar-refractivity contribution in [3.63, 3.8) is 0 Å². The number of carbonyl (C=O) groups excluding carboxylic acids is 1. The Morgan fingerprint density at radius 1 is 1.26 bits per heavy atom. The molecular formula is C19H21ClF4N6O7S. The number of guanidine groups is 1. The van der Waals surface area contributed by atoms with Gasteiger partial charge in [-0.1, -0.05) is 11.6 Å². The molecule has 1 heterocycles. The van der Waals surface area contributed by atoms with Gasteiger partial charge in [-0.25, -0.2) is 23.1 Å². The molecule has 0 aliphatic rings. The number of amides is 1. The van der Waals surface area contributed by atoms with Crippen LogP contribution in [0.3, 0.4) is 0 Å². The summed E-state index contributed by atoms with van der Waals surface area (Å²) in [5.74, 6) is -4.47. The number of sulfonamides is 1. The number of aromatic amines is 1. The summed E-state index contributed by atoms with van der Waals surface area (Å²) in [6.07, 6.45) is -5.40. The number of alkyl halides is 3. The van der Waals surface area contributed by atoms with Crippen LogP contribution in [0.2, 0.25) is 5.02 Å². The van der Waals surface area contributed by atoms with Gasteiger partial charge in [-0.05, 0) is 36.8 Å². The molecule has 0 saturated carbocycles. The Kier molecular flexibility index (Phi) is 11.5. The molecule has 210 valence electrons. The van der Waals surface area contributed by atoms with Crippen molar-refractivity contribution in [3.8, 4) is 0 Å². The Labute approximate surface area is 216 Å². The number of aliphatic carboxylic acids is 1. The first-order valence-electron chi connectivity index (χ1n) is 9.93. The number of H-pyrrole nitrogens is 1. The zero-order valence-electron chi connectivity index (χ0n) is 19.2. The lowest BCUT2D eigenvalue weighted by Crippen LogP contribution is -2.35. The summed E-state index contributed by atoms with van der Waals surface area (Å²) in [7, 11) is -4.29. The number of benzene rings is 1. The molecule has 2 rings (SSSR count). The van der Waals surface area contributed by atoms with E-state index < -0.39 is 50.4 Å². The van der Waals surface area contributed by atoms with Gasteiger partial charge in [0.1, 0.15) is 11.5 Å². The van der Waals surface area contributed by atoms with Gasteiger partial charge in [0.2, 0.25) is 11.9 Å². The predicted octanol–water partition coefficient (Wildman–Crippen LogP) is 0.983. The van der Waals surface area contributed by atoms with Crippen molar-refractivity contribution in [1.82, 2.24) is 15.8 Å². The average Bonchev–Trinajstić information content (AvgIpc) is 2.77.